The highest BCUT2D eigenvalue weighted by atomic mass is 35.5. The number of halogens is 2. The first kappa shape index (κ1) is 23.7. The van der Waals surface area contributed by atoms with Gasteiger partial charge in [-0.3, -0.25) is 9.88 Å². The molecule has 190 valence electrons. The van der Waals surface area contributed by atoms with Crippen LogP contribution >= 0.6 is 11.6 Å². The Morgan fingerprint density at radius 2 is 2.11 bits per heavy atom. The first-order valence-corrected chi connectivity index (χ1v) is 12.7. The van der Waals surface area contributed by atoms with Crippen LogP contribution in [0.1, 0.15) is 71.2 Å². The third-order valence-corrected chi connectivity index (χ3v) is 7.17. The molecule has 2 aromatic heterocycles. The van der Waals surface area contributed by atoms with Crippen LogP contribution in [-0.2, 0) is 17.7 Å². The van der Waals surface area contributed by atoms with E-state index in [2.05, 4.69) is 15.3 Å². The lowest BCUT2D eigenvalue weighted by molar-refractivity contribution is 0.0519. The Balaban J connectivity index is 1.34. The van der Waals surface area contributed by atoms with Crippen molar-refractivity contribution >= 4 is 35.0 Å². The summed E-state index contributed by atoms with van der Waals surface area (Å²) in [6.45, 7) is 2.21. The van der Waals surface area contributed by atoms with E-state index in [-0.39, 0.29) is 36.5 Å². The van der Waals surface area contributed by atoms with Gasteiger partial charge >= 0.3 is 12.0 Å². The number of benzene rings is 1. The number of carbonyl (C=O) groups is 2. The van der Waals surface area contributed by atoms with E-state index in [1.54, 1.807) is 37.4 Å². The number of nitrogens with zero attached hydrogens (tertiary/aromatic N) is 3. The van der Waals surface area contributed by atoms with Gasteiger partial charge in [0.05, 0.1) is 35.2 Å². The van der Waals surface area contributed by atoms with Crippen molar-refractivity contribution in [3.8, 4) is 5.75 Å². The molecule has 1 N–H and O–H groups in total. The molecule has 3 aromatic rings. The zero-order valence-electron chi connectivity index (χ0n) is 20.1. The number of anilines is 2. The van der Waals surface area contributed by atoms with Crippen molar-refractivity contribution in [2.45, 2.75) is 51.2 Å². The molecule has 0 spiro atoms. The smallest absolute Gasteiger partial charge is 0.356 e. The predicted octanol–water partition coefficient (Wildman–Crippen LogP) is 5.94. The van der Waals surface area contributed by atoms with Crippen LogP contribution in [0.25, 0.3) is 0 Å². The second-order valence-electron chi connectivity index (χ2n) is 9.36. The number of esters is 1. The molecule has 37 heavy (non-hydrogen) atoms. The van der Waals surface area contributed by atoms with Crippen molar-refractivity contribution in [1.29, 1.82) is 0 Å². The number of urea groups is 1. The molecular weight excluding hydrogens is 499 g/mol. The Morgan fingerprint density at radius 3 is 2.86 bits per heavy atom. The van der Waals surface area contributed by atoms with E-state index in [1.165, 1.54) is 11.0 Å². The number of aromatic nitrogens is 2. The number of aryl methyl sites for hydroxylation is 1. The van der Waals surface area contributed by atoms with Gasteiger partial charge < -0.3 is 14.8 Å². The van der Waals surface area contributed by atoms with E-state index in [0.717, 1.165) is 29.7 Å². The average Bonchev–Trinajstić information content (AvgIpc) is 3.73. The van der Waals surface area contributed by atoms with Crippen LogP contribution in [-0.4, -0.2) is 28.6 Å². The van der Waals surface area contributed by atoms with Crippen LogP contribution in [0.2, 0.25) is 5.02 Å². The van der Waals surface area contributed by atoms with Gasteiger partial charge in [0.2, 0.25) is 0 Å². The van der Waals surface area contributed by atoms with Crippen LogP contribution in [0.15, 0.2) is 36.5 Å². The third kappa shape index (κ3) is 4.37. The summed E-state index contributed by atoms with van der Waals surface area (Å²) < 4.78 is 25.6. The predicted molar refractivity (Wildman–Crippen MR) is 135 cm³/mol. The molecule has 1 atom stereocenters. The molecule has 0 unspecified atom stereocenters. The SMILES string of the molecule is CCOC(=O)c1cc2c(c(C3CC3)n1)CN(c1cc3c(cc1Cl)CC[C@@H](c1ncccc1F)O3)C(=O)N2. The fourth-order valence-corrected chi connectivity index (χ4v) is 5.19. The molecule has 1 aliphatic carbocycles. The Morgan fingerprint density at radius 1 is 1.27 bits per heavy atom. The van der Waals surface area contributed by atoms with Gasteiger partial charge in [0.15, 0.2) is 5.69 Å². The second-order valence-corrected chi connectivity index (χ2v) is 9.76. The standard InChI is InChI=1S/C27H24ClFN4O4/c1-2-36-26(34)20-11-19-16(24(31-20)14-5-6-14)13-33(27(35)32-19)21-12-23-15(10-17(21)28)7-8-22(37-23)25-18(29)4-3-9-30-25/h3-4,9-12,14,22H,2,5-8,13H2,1H3,(H,32,35)/t22-/m0/s1. The van der Waals surface area contributed by atoms with Crippen LogP contribution in [0.4, 0.5) is 20.6 Å². The van der Waals surface area contributed by atoms with E-state index in [1.807, 2.05) is 0 Å². The average molecular weight is 523 g/mol. The lowest BCUT2D eigenvalue weighted by Gasteiger charge is -2.33. The van der Waals surface area contributed by atoms with Crippen LogP contribution in [0, 0.1) is 5.82 Å². The molecule has 4 heterocycles. The maximum Gasteiger partial charge on any atom is 0.356 e. The van der Waals surface area contributed by atoms with E-state index in [0.29, 0.717) is 35.0 Å². The Bertz CT molecular complexity index is 1430. The van der Waals surface area contributed by atoms with Gasteiger partial charge in [0.25, 0.3) is 0 Å². The van der Waals surface area contributed by atoms with Gasteiger partial charge in [0.1, 0.15) is 23.4 Å². The van der Waals surface area contributed by atoms with E-state index in [9.17, 15) is 14.0 Å². The van der Waals surface area contributed by atoms with Crippen molar-refractivity contribution in [1.82, 2.24) is 9.97 Å². The normalized spacial score (nSPS) is 18.4. The summed E-state index contributed by atoms with van der Waals surface area (Å²) in [4.78, 5) is 35.9. The van der Waals surface area contributed by atoms with Crippen molar-refractivity contribution in [2.75, 3.05) is 16.8 Å². The molecule has 2 amide bonds. The third-order valence-electron chi connectivity index (χ3n) is 6.87. The highest BCUT2D eigenvalue weighted by Crippen LogP contribution is 2.46. The molecule has 8 nitrogen and oxygen atoms in total. The van der Waals surface area contributed by atoms with Crippen molar-refractivity contribution in [2.24, 2.45) is 0 Å². The van der Waals surface area contributed by atoms with Crippen LogP contribution in [0.5, 0.6) is 5.75 Å². The minimum absolute atomic E-state index is 0.184. The Hall–Kier alpha value is -3.72. The number of pyridine rings is 2. The molecule has 6 rings (SSSR count). The maximum absolute atomic E-state index is 14.3. The number of rotatable bonds is 5. The fraction of sp³-hybridized carbons (Fsp3) is 0.333. The van der Waals surface area contributed by atoms with Gasteiger partial charge in [0, 0.05) is 23.7 Å². The van der Waals surface area contributed by atoms with E-state index >= 15 is 0 Å². The highest BCUT2D eigenvalue weighted by Gasteiger charge is 2.36. The number of carbonyl (C=O) groups excluding carboxylic acids is 2. The quantitative estimate of drug-likeness (QED) is 0.417. The number of hydrogen-bond donors (Lipinski definition) is 1. The molecule has 1 fully saturated rings. The topological polar surface area (TPSA) is 93.7 Å². The summed E-state index contributed by atoms with van der Waals surface area (Å²) in [6, 6.07) is 7.61. The fourth-order valence-electron chi connectivity index (χ4n) is 4.90. The summed E-state index contributed by atoms with van der Waals surface area (Å²) in [5, 5.41) is 3.31. The molecule has 1 saturated carbocycles. The summed E-state index contributed by atoms with van der Waals surface area (Å²) in [7, 11) is 0. The second kappa shape index (κ2) is 9.30. The lowest BCUT2D eigenvalue weighted by atomic mass is 9.98. The summed E-state index contributed by atoms with van der Waals surface area (Å²) >= 11 is 6.66. The number of amides is 2. The van der Waals surface area contributed by atoms with E-state index in [4.69, 9.17) is 21.1 Å². The number of fused-ring (bicyclic) bond motifs is 2. The summed E-state index contributed by atoms with van der Waals surface area (Å²) in [6.07, 6.45) is 4.14. The van der Waals surface area contributed by atoms with E-state index < -0.39 is 17.9 Å². The minimum Gasteiger partial charge on any atom is -0.484 e. The molecule has 2 aliphatic heterocycles. The van der Waals surface area contributed by atoms with Crippen molar-refractivity contribution in [3.63, 3.8) is 0 Å². The zero-order chi connectivity index (χ0) is 25.7. The van der Waals surface area contributed by atoms with Gasteiger partial charge in [-0.25, -0.2) is 19.0 Å². The summed E-state index contributed by atoms with van der Waals surface area (Å²) in [5.41, 5.74) is 3.99. The molecule has 3 aliphatic rings. The first-order valence-electron chi connectivity index (χ1n) is 12.3. The lowest BCUT2D eigenvalue weighted by Crippen LogP contribution is -2.40. The number of ether oxygens (including phenoxy) is 2. The van der Waals surface area contributed by atoms with Gasteiger partial charge in [-0.05, 0) is 62.4 Å². The Kier molecular flexibility index (Phi) is 5.95. The number of nitrogens with one attached hydrogen (secondary N) is 1. The zero-order valence-corrected chi connectivity index (χ0v) is 20.8. The minimum atomic E-state index is -0.536. The molecular formula is C27H24ClFN4O4. The summed E-state index contributed by atoms with van der Waals surface area (Å²) in [5.74, 6) is -0.161. The first-order chi connectivity index (χ1) is 17.9. The molecule has 1 aromatic carbocycles. The molecule has 0 saturated heterocycles. The van der Waals surface area contributed by atoms with Crippen molar-refractivity contribution in [3.05, 3.63) is 75.6 Å². The molecule has 0 bridgehead atoms. The largest absolute Gasteiger partial charge is 0.484 e. The number of hydrogen-bond acceptors (Lipinski definition) is 6. The Labute approximate surface area is 217 Å². The maximum atomic E-state index is 14.3. The van der Waals surface area contributed by atoms with Gasteiger partial charge in [-0.1, -0.05) is 11.6 Å². The molecule has 0 radical (unpaired) electrons. The van der Waals surface area contributed by atoms with Crippen molar-refractivity contribution < 1.29 is 23.5 Å². The molecule has 10 heteroatoms. The monoisotopic (exact) mass is 522 g/mol. The van der Waals surface area contributed by atoms with Gasteiger partial charge in [-0.2, -0.15) is 0 Å². The van der Waals surface area contributed by atoms with Crippen LogP contribution < -0.4 is 15.0 Å². The van der Waals surface area contributed by atoms with Gasteiger partial charge in [-0.15, -0.1) is 0 Å². The highest BCUT2D eigenvalue weighted by molar-refractivity contribution is 6.34. The van der Waals surface area contributed by atoms with Crippen LogP contribution in [0.3, 0.4) is 0 Å².